The predicted molar refractivity (Wildman–Crippen MR) is 104 cm³/mol. The van der Waals surface area contributed by atoms with Gasteiger partial charge in [-0.05, 0) is 45.4 Å². The second-order valence-corrected chi connectivity index (χ2v) is 8.65. The van der Waals surface area contributed by atoms with Crippen molar-refractivity contribution in [2.75, 3.05) is 45.1 Å². The Morgan fingerprint density at radius 3 is 2.31 bits per heavy atom. The summed E-state index contributed by atoms with van der Waals surface area (Å²) in [5, 5.41) is 0. The molecule has 140 valence electrons. The van der Waals surface area contributed by atoms with E-state index in [0.717, 1.165) is 13.1 Å². The van der Waals surface area contributed by atoms with Crippen LogP contribution in [0.2, 0.25) is 0 Å². The highest BCUT2D eigenvalue weighted by molar-refractivity contribution is 7.93. The van der Waals surface area contributed by atoms with Crippen LogP contribution < -0.4 is 9.04 Å². The van der Waals surface area contributed by atoms with E-state index in [-0.39, 0.29) is 0 Å². The van der Waals surface area contributed by atoms with E-state index in [1.165, 1.54) is 4.31 Å². The third kappa shape index (κ3) is 3.85. The van der Waals surface area contributed by atoms with Gasteiger partial charge in [0.15, 0.2) is 0 Å². The molecule has 2 aromatic rings. The molecule has 0 saturated carbocycles. The number of hydrogen-bond donors (Lipinski definition) is 0. The molecule has 0 aromatic heterocycles. The van der Waals surface area contributed by atoms with Crippen LogP contribution in [-0.2, 0) is 10.0 Å². The lowest BCUT2D eigenvalue weighted by atomic mass is 10.2. The molecule has 0 saturated heterocycles. The van der Waals surface area contributed by atoms with E-state index >= 15 is 0 Å². The minimum Gasteiger partial charge on any atom is -0.469 e. The molecule has 0 N–H and O–H groups in total. The summed E-state index contributed by atoms with van der Waals surface area (Å²) in [6, 6.07) is 16.4. The van der Waals surface area contributed by atoms with Gasteiger partial charge in [-0.25, -0.2) is 12.7 Å². The predicted octanol–water partition coefficient (Wildman–Crippen LogP) is 2.37. The van der Waals surface area contributed by atoms with Gasteiger partial charge in [0, 0.05) is 13.1 Å². The van der Waals surface area contributed by atoms with Gasteiger partial charge in [0.05, 0.1) is 17.9 Å². The van der Waals surface area contributed by atoms with Crippen LogP contribution in [0.25, 0.3) is 0 Å². The Kier molecular flexibility index (Phi) is 5.50. The van der Waals surface area contributed by atoms with Crippen molar-refractivity contribution in [1.29, 1.82) is 0 Å². The lowest BCUT2D eigenvalue weighted by Crippen LogP contribution is -2.48. The molecule has 0 spiro atoms. The highest BCUT2D eigenvalue weighted by Gasteiger charge is 2.41. The number of para-hydroxylation sites is 3. The van der Waals surface area contributed by atoms with Crippen LogP contribution in [0.5, 0.6) is 5.75 Å². The first-order chi connectivity index (χ1) is 12.4. The van der Waals surface area contributed by atoms with E-state index in [1.807, 2.05) is 62.4 Å². The second kappa shape index (κ2) is 7.65. The maximum absolute atomic E-state index is 13.3. The van der Waals surface area contributed by atoms with E-state index in [0.29, 0.717) is 23.7 Å². The van der Waals surface area contributed by atoms with Gasteiger partial charge < -0.3 is 14.5 Å². The summed E-state index contributed by atoms with van der Waals surface area (Å²) in [4.78, 5) is 4.05. The molecule has 1 unspecified atom stereocenters. The summed E-state index contributed by atoms with van der Waals surface area (Å²) in [5.74, 6) is 0.581. The fraction of sp³-hybridized carbons (Fsp3) is 0.368. The third-order valence-corrected chi connectivity index (χ3v) is 6.14. The Morgan fingerprint density at radius 2 is 1.62 bits per heavy atom. The molecule has 0 radical (unpaired) electrons. The molecule has 0 amide bonds. The molecule has 26 heavy (non-hydrogen) atoms. The number of benzene rings is 2. The van der Waals surface area contributed by atoms with Crippen molar-refractivity contribution in [1.82, 2.24) is 9.80 Å². The zero-order valence-corrected chi connectivity index (χ0v) is 16.2. The molecule has 7 heteroatoms. The first-order valence-corrected chi connectivity index (χ1v) is 10.1. The lowest BCUT2D eigenvalue weighted by molar-refractivity contribution is 0.191. The van der Waals surface area contributed by atoms with Crippen LogP contribution in [0.15, 0.2) is 54.6 Å². The van der Waals surface area contributed by atoms with Gasteiger partial charge >= 0.3 is 0 Å². The molecular weight excluding hydrogens is 350 g/mol. The highest BCUT2D eigenvalue weighted by atomic mass is 32.2. The zero-order valence-electron chi connectivity index (χ0n) is 15.4. The monoisotopic (exact) mass is 375 g/mol. The molecule has 1 atom stereocenters. The van der Waals surface area contributed by atoms with Gasteiger partial charge in [0.2, 0.25) is 5.44 Å². The average molecular weight is 375 g/mol. The Hall–Kier alpha value is -2.09. The quantitative estimate of drug-likeness (QED) is 0.776. The van der Waals surface area contributed by atoms with Crippen molar-refractivity contribution in [2.24, 2.45) is 0 Å². The smallest absolute Gasteiger partial charge is 0.279 e. The minimum absolute atomic E-state index is 0.299. The number of likely N-dealkylation sites (N-methyl/N-ethyl adjacent to an activating group) is 2. The maximum atomic E-state index is 13.3. The summed E-state index contributed by atoms with van der Waals surface area (Å²) in [6.45, 7) is 1.91. The largest absolute Gasteiger partial charge is 0.469 e. The Bertz CT molecular complexity index is 840. The number of hydrogen-bond acceptors (Lipinski definition) is 5. The van der Waals surface area contributed by atoms with Gasteiger partial charge in [-0.3, -0.25) is 0 Å². The van der Waals surface area contributed by atoms with Crippen LogP contribution in [0, 0.1) is 0 Å². The second-order valence-electron chi connectivity index (χ2n) is 6.73. The number of nitrogens with zero attached hydrogens (tertiary/aromatic N) is 3. The SMILES string of the molecule is CN(C)CCN(C)CC1Oc2ccccc2N(c2ccccc2)S1(=O)=O. The first kappa shape index (κ1) is 18.7. The molecule has 2 aromatic carbocycles. The summed E-state index contributed by atoms with van der Waals surface area (Å²) >= 11 is 0. The van der Waals surface area contributed by atoms with E-state index in [9.17, 15) is 8.42 Å². The average Bonchev–Trinajstić information content (AvgIpc) is 2.61. The minimum atomic E-state index is -3.71. The third-order valence-electron chi connectivity index (χ3n) is 4.31. The number of rotatable bonds is 6. The van der Waals surface area contributed by atoms with Crippen LogP contribution >= 0.6 is 0 Å². The van der Waals surface area contributed by atoms with Gasteiger partial charge in [-0.2, -0.15) is 0 Å². The normalized spacial score (nSPS) is 18.7. The van der Waals surface area contributed by atoms with Crippen molar-refractivity contribution < 1.29 is 13.2 Å². The maximum Gasteiger partial charge on any atom is 0.279 e. The molecule has 3 rings (SSSR count). The van der Waals surface area contributed by atoms with Gasteiger partial charge in [0.1, 0.15) is 5.75 Å². The zero-order chi connectivity index (χ0) is 18.7. The first-order valence-electron chi connectivity index (χ1n) is 8.58. The van der Waals surface area contributed by atoms with E-state index < -0.39 is 15.5 Å². The van der Waals surface area contributed by atoms with Gasteiger partial charge in [-0.15, -0.1) is 0 Å². The molecule has 0 aliphatic carbocycles. The number of ether oxygens (including phenoxy) is 1. The van der Waals surface area contributed by atoms with Crippen molar-refractivity contribution in [3.63, 3.8) is 0 Å². The van der Waals surface area contributed by atoms with Crippen LogP contribution in [0.3, 0.4) is 0 Å². The number of fused-ring (bicyclic) bond motifs is 1. The Labute approximate surface area is 155 Å². The standard InChI is InChI=1S/C19H25N3O3S/c1-20(2)13-14-21(3)15-19-25-18-12-8-7-11-17(18)22(26(19,23)24)16-9-5-4-6-10-16/h4-12,19H,13-15H2,1-3H3. The van der Waals surface area contributed by atoms with Crippen LogP contribution in [0.1, 0.15) is 0 Å². The topological polar surface area (TPSA) is 53.1 Å². The molecule has 0 fully saturated rings. The van der Waals surface area contributed by atoms with Gasteiger partial charge in [0.25, 0.3) is 10.0 Å². The summed E-state index contributed by atoms with van der Waals surface area (Å²) in [5.41, 5.74) is 0.208. The van der Waals surface area contributed by atoms with Crippen molar-refractivity contribution >= 4 is 21.4 Å². The van der Waals surface area contributed by atoms with Crippen molar-refractivity contribution in [3.8, 4) is 5.75 Å². The molecule has 1 heterocycles. The molecular formula is C19H25N3O3S. The molecule has 0 bridgehead atoms. The molecule has 1 aliphatic rings. The van der Waals surface area contributed by atoms with E-state index in [4.69, 9.17) is 4.74 Å². The Morgan fingerprint density at radius 1 is 0.962 bits per heavy atom. The summed E-state index contributed by atoms with van der Waals surface area (Å²) in [6.07, 6.45) is 0. The van der Waals surface area contributed by atoms with Gasteiger partial charge in [-0.1, -0.05) is 30.3 Å². The summed E-state index contributed by atoms with van der Waals surface area (Å²) in [7, 11) is 2.19. The summed E-state index contributed by atoms with van der Waals surface area (Å²) < 4.78 is 33.9. The van der Waals surface area contributed by atoms with Crippen molar-refractivity contribution in [3.05, 3.63) is 54.6 Å². The number of anilines is 2. The Balaban J connectivity index is 1.94. The van der Waals surface area contributed by atoms with Crippen molar-refractivity contribution in [2.45, 2.75) is 5.44 Å². The highest BCUT2D eigenvalue weighted by Crippen LogP contribution is 2.41. The lowest BCUT2D eigenvalue weighted by Gasteiger charge is -2.37. The van der Waals surface area contributed by atoms with E-state index in [1.54, 1.807) is 18.2 Å². The molecule has 6 nitrogen and oxygen atoms in total. The fourth-order valence-electron chi connectivity index (χ4n) is 2.88. The molecule has 1 aliphatic heterocycles. The van der Waals surface area contributed by atoms with E-state index in [2.05, 4.69) is 4.90 Å². The van der Waals surface area contributed by atoms with Crippen LogP contribution in [-0.4, -0.2) is 64.4 Å². The fourth-order valence-corrected chi connectivity index (χ4v) is 4.62. The number of sulfonamides is 1. The van der Waals surface area contributed by atoms with Crippen LogP contribution in [0.4, 0.5) is 11.4 Å².